The van der Waals surface area contributed by atoms with Crippen LogP contribution in [0.3, 0.4) is 0 Å². The number of amides is 1. The van der Waals surface area contributed by atoms with E-state index in [1.54, 1.807) is 12.4 Å². The Hall–Kier alpha value is -1.95. The lowest BCUT2D eigenvalue weighted by atomic mass is 10.0. The van der Waals surface area contributed by atoms with Gasteiger partial charge in [-0.15, -0.1) is 11.3 Å². The molecule has 0 unspecified atom stereocenters. The third kappa shape index (κ3) is 2.51. The van der Waals surface area contributed by atoms with E-state index in [2.05, 4.69) is 9.97 Å². The molecular formula is C14H15N3O2S. The molecule has 0 saturated carbocycles. The average Bonchev–Trinajstić information content (AvgIpc) is 2.98. The van der Waals surface area contributed by atoms with Gasteiger partial charge in [-0.2, -0.15) is 0 Å². The molecule has 1 atom stereocenters. The van der Waals surface area contributed by atoms with E-state index in [-0.39, 0.29) is 6.04 Å². The Kier molecular flexibility index (Phi) is 3.64. The van der Waals surface area contributed by atoms with Crippen molar-refractivity contribution in [2.24, 2.45) is 0 Å². The lowest BCUT2D eigenvalue weighted by Crippen LogP contribution is -2.37. The molecule has 1 fully saturated rings. The number of carbonyl (C=O) groups is 1. The van der Waals surface area contributed by atoms with Gasteiger partial charge in [0.15, 0.2) is 0 Å². The molecule has 0 spiro atoms. The standard InChI is InChI=1S/C14H15N3O2S/c18-14(19)17-7-2-1-5-12(17)13-16-11(9-20-13)10-4-3-6-15-8-10/h3-4,6,8-9,12H,1-2,5,7H2,(H,18,19)/t12-/m1/s1. The molecule has 2 aromatic rings. The Balaban J connectivity index is 1.87. The maximum atomic E-state index is 11.3. The molecule has 0 aliphatic carbocycles. The molecule has 3 heterocycles. The fraction of sp³-hybridized carbons (Fsp3) is 0.357. The van der Waals surface area contributed by atoms with Gasteiger partial charge in [0.25, 0.3) is 0 Å². The Bertz CT molecular complexity index is 599. The minimum atomic E-state index is -0.854. The van der Waals surface area contributed by atoms with Gasteiger partial charge < -0.3 is 5.11 Å². The smallest absolute Gasteiger partial charge is 0.407 e. The molecule has 20 heavy (non-hydrogen) atoms. The second kappa shape index (κ2) is 5.58. The molecule has 104 valence electrons. The first kappa shape index (κ1) is 13.1. The summed E-state index contributed by atoms with van der Waals surface area (Å²) < 4.78 is 0. The lowest BCUT2D eigenvalue weighted by molar-refractivity contribution is 0.106. The van der Waals surface area contributed by atoms with Crippen LogP contribution in [0.1, 0.15) is 30.3 Å². The summed E-state index contributed by atoms with van der Waals surface area (Å²) in [5.41, 5.74) is 1.83. The monoisotopic (exact) mass is 289 g/mol. The Labute approximate surface area is 120 Å². The zero-order valence-corrected chi connectivity index (χ0v) is 11.7. The van der Waals surface area contributed by atoms with Crippen molar-refractivity contribution in [2.45, 2.75) is 25.3 Å². The number of hydrogen-bond donors (Lipinski definition) is 1. The highest BCUT2D eigenvalue weighted by Crippen LogP contribution is 2.34. The number of thiazole rings is 1. The van der Waals surface area contributed by atoms with Crippen molar-refractivity contribution in [1.82, 2.24) is 14.9 Å². The molecule has 0 radical (unpaired) electrons. The van der Waals surface area contributed by atoms with Crippen molar-refractivity contribution in [1.29, 1.82) is 0 Å². The molecule has 1 N–H and O–H groups in total. The second-order valence-corrected chi connectivity index (χ2v) is 5.69. The third-order valence-corrected chi connectivity index (χ3v) is 4.46. The number of carboxylic acid groups (broad SMARTS) is 1. The summed E-state index contributed by atoms with van der Waals surface area (Å²) in [6.45, 7) is 0.599. The van der Waals surface area contributed by atoms with Crippen molar-refractivity contribution >= 4 is 17.4 Å². The van der Waals surface area contributed by atoms with E-state index in [9.17, 15) is 9.90 Å². The van der Waals surface area contributed by atoms with E-state index < -0.39 is 6.09 Å². The first-order chi connectivity index (χ1) is 9.75. The molecule has 5 nitrogen and oxygen atoms in total. The van der Waals surface area contributed by atoms with Gasteiger partial charge in [-0.05, 0) is 31.4 Å². The normalized spacial score (nSPS) is 19.0. The zero-order valence-electron chi connectivity index (χ0n) is 10.9. The SMILES string of the molecule is O=C(O)N1CCCC[C@@H]1c1nc(-c2cccnc2)cs1. The summed E-state index contributed by atoms with van der Waals surface area (Å²) in [6.07, 6.45) is 5.48. The van der Waals surface area contributed by atoms with Gasteiger partial charge in [-0.25, -0.2) is 9.78 Å². The molecular weight excluding hydrogens is 274 g/mol. The number of nitrogens with zero attached hydrogens (tertiary/aromatic N) is 3. The highest BCUT2D eigenvalue weighted by atomic mass is 32.1. The van der Waals surface area contributed by atoms with E-state index in [0.29, 0.717) is 6.54 Å². The van der Waals surface area contributed by atoms with Gasteiger partial charge in [-0.1, -0.05) is 0 Å². The summed E-state index contributed by atoms with van der Waals surface area (Å²) in [4.78, 5) is 21.5. The van der Waals surface area contributed by atoms with Crippen LogP contribution < -0.4 is 0 Å². The average molecular weight is 289 g/mol. The number of likely N-dealkylation sites (tertiary alicyclic amines) is 1. The van der Waals surface area contributed by atoms with E-state index >= 15 is 0 Å². The van der Waals surface area contributed by atoms with Crippen molar-refractivity contribution in [3.05, 3.63) is 34.9 Å². The van der Waals surface area contributed by atoms with Crippen LogP contribution in [-0.2, 0) is 0 Å². The zero-order chi connectivity index (χ0) is 13.9. The van der Waals surface area contributed by atoms with Crippen LogP contribution in [0.4, 0.5) is 4.79 Å². The minimum Gasteiger partial charge on any atom is -0.465 e. The van der Waals surface area contributed by atoms with Gasteiger partial charge in [0.1, 0.15) is 5.01 Å². The quantitative estimate of drug-likeness (QED) is 0.920. The maximum Gasteiger partial charge on any atom is 0.407 e. The van der Waals surface area contributed by atoms with Crippen LogP contribution in [0.2, 0.25) is 0 Å². The van der Waals surface area contributed by atoms with E-state index in [1.165, 1.54) is 16.2 Å². The number of rotatable bonds is 2. The number of hydrogen-bond acceptors (Lipinski definition) is 4. The topological polar surface area (TPSA) is 66.3 Å². The molecule has 3 rings (SSSR count). The summed E-state index contributed by atoms with van der Waals surface area (Å²) in [6, 6.07) is 3.73. The molecule has 1 amide bonds. The molecule has 0 bridgehead atoms. The van der Waals surface area contributed by atoms with Crippen molar-refractivity contribution in [3.8, 4) is 11.3 Å². The van der Waals surface area contributed by atoms with Crippen molar-refractivity contribution in [2.75, 3.05) is 6.54 Å². The van der Waals surface area contributed by atoms with Crippen LogP contribution >= 0.6 is 11.3 Å². The predicted octanol–water partition coefficient (Wildman–Crippen LogP) is 3.41. The van der Waals surface area contributed by atoms with E-state index in [0.717, 1.165) is 35.5 Å². The first-order valence-electron chi connectivity index (χ1n) is 6.61. The van der Waals surface area contributed by atoms with Crippen LogP contribution in [-0.4, -0.2) is 32.6 Å². The fourth-order valence-electron chi connectivity index (χ4n) is 2.50. The summed E-state index contributed by atoms with van der Waals surface area (Å²) in [5, 5.41) is 12.1. The number of pyridine rings is 1. The molecule has 0 aromatic carbocycles. The van der Waals surface area contributed by atoms with Crippen LogP contribution in [0.5, 0.6) is 0 Å². The van der Waals surface area contributed by atoms with Crippen LogP contribution in [0.25, 0.3) is 11.3 Å². The van der Waals surface area contributed by atoms with Gasteiger partial charge in [-0.3, -0.25) is 9.88 Å². The highest BCUT2D eigenvalue weighted by Gasteiger charge is 2.29. The van der Waals surface area contributed by atoms with Gasteiger partial charge in [0.05, 0.1) is 11.7 Å². The highest BCUT2D eigenvalue weighted by molar-refractivity contribution is 7.10. The third-order valence-electron chi connectivity index (χ3n) is 3.51. The minimum absolute atomic E-state index is 0.100. The molecule has 2 aromatic heterocycles. The summed E-state index contributed by atoms with van der Waals surface area (Å²) in [7, 11) is 0. The first-order valence-corrected chi connectivity index (χ1v) is 7.49. The largest absolute Gasteiger partial charge is 0.465 e. The van der Waals surface area contributed by atoms with Crippen molar-refractivity contribution < 1.29 is 9.90 Å². The maximum absolute atomic E-state index is 11.3. The Morgan fingerprint density at radius 3 is 3.10 bits per heavy atom. The number of piperidine rings is 1. The molecule has 1 aliphatic rings. The Morgan fingerprint density at radius 1 is 1.45 bits per heavy atom. The van der Waals surface area contributed by atoms with E-state index in [1.807, 2.05) is 17.5 Å². The van der Waals surface area contributed by atoms with Gasteiger partial charge >= 0.3 is 6.09 Å². The summed E-state index contributed by atoms with van der Waals surface area (Å²) >= 11 is 1.53. The predicted molar refractivity (Wildman–Crippen MR) is 76.7 cm³/mol. The van der Waals surface area contributed by atoms with Crippen LogP contribution in [0, 0.1) is 0 Å². The lowest BCUT2D eigenvalue weighted by Gasteiger charge is -2.32. The second-order valence-electron chi connectivity index (χ2n) is 4.80. The number of aromatic nitrogens is 2. The van der Waals surface area contributed by atoms with E-state index in [4.69, 9.17) is 0 Å². The van der Waals surface area contributed by atoms with Gasteiger partial charge in [0, 0.05) is 29.9 Å². The van der Waals surface area contributed by atoms with Gasteiger partial charge in [0.2, 0.25) is 0 Å². The summed E-state index contributed by atoms with van der Waals surface area (Å²) in [5.74, 6) is 0. The molecule has 1 saturated heterocycles. The fourth-order valence-corrected chi connectivity index (χ4v) is 3.48. The van der Waals surface area contributed by atoms with Crippen molar-refractivity contribution in [3.63, 3.8) is 0 Å². The Morgan fingerprint density at radius 2 is 2.35 bits per heavy atom. The molecule has 1 aliphatic heterocycles. The molecule has 6 heteroatoms. The van der Waals surface area contributed by atoms with Crippen LogP contribution in [0.15, 0.2) is 29.9 Å².